The Labute approximate surface area is 242 Å². The van der Waals surface area contributed by atoms with E-state index in [0.29, 0.717) is 37.6 Å². The van der Waals surface area contributed by atoms with Crippen LogP contribution in [0.2, 0.25) is 0 Å². The van der Waals surface area contributed by atoms with Crippen molar-refractivity contribution < 1.29 is 35.9 Å². The molecule has 1 saturated carbocycles. The molecule has 1 spiro atoms. The van der Waals surface area contributed by atoms with Gasteiger partial charge in [0, 0.05) is 19.1 Å². The van der Waals surface area contributed by atoms with Gasteiger partial charge < -0.3 is 15.0 Å². The zero-order valence-corrected chi connectivity index (χ0v) is 23.5. The van der Waals surface area contributed by atoms with E-state index in [1.165, 1.54) is 6.92 Å². The van der Waals surface area contributed by atoms with Crippen LogP contribution in [0.4, 0.5) is 26.3 Å². The monoisotopic (exact) mass is 594 g/mol. The maximum Gasteiger partial charge on any atom is 0.416 e. The van der Waals surface area contributed by atoms with Gasteiger partial charge in [-0.05, 0) is 81.2 Å². The molecule has 1 aliphatic carbocycles. The predicted molar refractivity (Wildman–Crippen MR) is 147 cm³/mol. The average molecular weight is 595 g/mol. The molecule has 0 bridgehead atoms. The second-order valence-electron chi connectivity index (χ2n) is 11.9. The summed E-state index contributed by atoms with van der Waals surface area (Å²) < 4.78 is 86.9. The Morgan fingerprint density at radius 1 is 0.905 bits per heavy atom. The number of ether oxygens (including phenoxy) is 1. The molecule has 2 heterocycles. The lowest BCUT2D eigenvalue weighted by molar-refractivity contribution is -0.143. The molecule has 5 rings (SSSR count). The van der Waals surface area contributed by atoms with Gasteiger partial charge >= 0.3 is 12.4 Å². The van der Waals surface area contributed by atoms with Crippen molar-refractivity contribution in [2.24, 2.45) is 0 Å². The van der Waals surface area contributed by atoms with Gasteiger partial charge in [-0.2, -0.15) is 26.3 Å². The van der Waals surface area contributed by atoms with Gasteiger partial charge in [-0.3, -0.25) is 4.79 Å². The van der Waals surface area contributed by atoms with Crippen molar-refractivity contribution in [3.05, 3.63) is 82.9 Å². The SMILES string of the molecule is CC(C(=O)N[C@]1(c2ccccc2)CC[C@@H](N2CCC3(CC=CCO3)CC2)CC1)c1cc(C(F)(F)F)cc(C(F)(F)F)c1. The lowest BCUT2D eigenvalue weighted by Crippen LogP contribution is -2.54. The summed E-state index contributed by atoms with van der Waals surface area (Å²) in [4.78, 5) is 16.1. The average Bonchev–Trinajstić information content (AvgIpc) is 2.97. The summed E-state index contributed by atoms with van der Waals surface area (Å²) in [5, 5.41) is 3.09. The molecule has 0 radical (unpaired) electrons. The Morgan fingerprint density at radius 3 is 2.02 bits per heavy atom. The number of rotatable bonds is 5. The highest BCUT2D eigenvalue weighted by Crippen LogP contribution is 2.42. The first-order chi connectivity index (χ1) is 19.8. The maximum absolute atomic E-state index is 13.6. The van der Waals surface area contributed by atoms with Gasteiger partial charge in [0.05, 0.1) is 34.8 Å². The summed E-state index contributed by atoms with van der Waals surface area (Å²) in [6.07, 6.45) is -0.0321. The highest BCUT2D eigenvalue weighted by molar-refractivity contribution is 5.84. The van der Waals surface area contributed by atoms with E-state index in [0.717, 1.165) is 50.8 Å². The smallest absolute Gasteiger partial charge is 0.371 e. The fourth-order valence-electron chi connectivity index (χ4n) is 6.72. The normalized spacial score (nSPS) is 25.7. The highest BCUT2D eigenvalue weighted by atomic mass is 19.4. The van der Waals surface area contributed by atoms with E-state index in [2.05, 4.69) is 22.4 Å². The van der Waals surface area contributed by atoms with E-state index in [9.17, 15) is 31.1 Å². The molecule has 1 saturated heterocycles. The minimum atomic E-state index is -4.98. The molecule has 228 valence electrons. The second kappa shape index (κ2) is 11.7. The first-order valence-electron chi connectivity index (χ1n) is 14.5. The molecule has 0 aromatic heterocycles. The van der Waals surface area contributed by atoms with Gasteiger partial charge in [-0.25, -0.2) is 0 Å². The number of hydrogen-bond donors (Lipinski definition) is 1. The standard InChI is InChI=1S/C32H36F6N2O2/c1-22(23-19-25(31(33,34)35)21-26(20-23)32(36,37)38)28(41)39-30(24-7-3-2-4-8-24)12-9-27(10-13-30)40-16-14-29(15-17-40)11-5-6-18-42-29/h2-8,19-22,27H,9-18H2,1H3,(H,39,41)/t22?,27-,30-. The van der Waals surface area contributed by atoms with Crippen molar-refractivity contribution >= 4 is 5.91 Å². The van der Waals surface area contributed by atoms with Gasteiger partial charge in [0.25, 0.3) is 0 Å². The van der Waals surface area contributed by atoms with Crippen molar-refractivity contribution in [2.75, 3.05) is 19.7 Å². The lowest BCUT2D eigenvalue weighted by Gasteiger charge is -2.48. The van der Waals surface area contributed by atoms with Crippen LogP contribution in [-0.4, -0.2) is 42.1 Å². The first kappa shape index (κ1) is 30.6. The minimum absolute atomic E-state index is 0.0762. The minimum Gasteiger partial charge on any atom is -0.371 e. The molecule has 1 atom stereocenters. The molecule has 42 heavy (non-hydrogen) atoms. The van der Waals surface area contributed by atoms with Crippen molar-refractivity contribution in [1.82, 2.24) is 10.2 Å². The maximum atomic E-state index is 13.6. The highest BCUT2D eigenvalue weighted by Gasteiger charge is 2.43. The Morgan fingerprint density at radius 2 is 1.50 bits per heavy atom. The Kier molecular flexibility index (Phi) is 8.51. The zero-order valence-electron chi connectivity index (χ0n) is 23.5. The van der Waals surface area contributed by atoms with Gasteiger partial charge in [-0.15, -0.1) is 0 Å². The molecular weight excluding hydrogens is 558 g/mol. The molecule has 4 nitrogen and oxygen atoms in total. The number of carbonyl (C=O) groups excluding carboxylic acids is 1. The largest absolute Gasteiger partial charge is 0.416 e. The van der Waals surface area contributed by atoms with Crippen LogP contribution in [0.3, 0.4) is 0 Å². The number of alkyl halides is 6. The number of carbonyl (C=O) groups is 1. The second-order valence-corrected chi connectivity index (χ2v) is 11.9. The molecule has 1 N–H and O–H groups in total. The third-order valence-corrected chi connectivity index (χ3v) is 9.37. The van der Waals surface area contributed by atoms with E-state index in [1.54, 1.807) is 0 Å². The van der Waals surface area contributed by atoms with Crippen LogP contribution < -0.4 is 5.32 Å². The predicted octanol–water partition coefficient (Wildman–Crippen LogP) is 7.59. The molecule has 1 unspecified atom stereocenters. The van der Waals surface area contributed by atoms with E-state index in [-0.39, 0.29) is 17.2 Å². The van der Waals surface area contributed by atoms with Crippen molar-refractivity contribution in [1.29, 1.82) is 0 Å². The van der Waals surface area contributed by atoms with E-state index < -0.39 is 40.8 Å². The van der Waals surface area contributed by atoms with E-state index in [4.69, 9.17) is 4.74 Å². The van der Waals surface area contributed by atoms with E-state index in [1.807, 2.05) is 30.3 Å². The summed E-state index contributed by atoms with van der Waals surface area (Å²) in [5.74, 6) is -1.83. The van der Waals surface area contributed by atoms with Crippen LogP contribution in [0.5, 0.6) is 0 Å². The van der Waals surface area contributed by atoms with Crippen LogP contribution in [0.15, 0.2) is 60.7 Å². The fraction of sp³-hybridized carbons (Fsp3) is 0.531. The number of hydrogen-bond acceptors (Lipinski definition) is 3. The van der Waals surface area contributed by atoms with Gasteiger partial charge in [-0.1, -0.05) is 42.5 Å². The van der Waals surface area contributed by atoms with Gasteiger partial charge in [0.2, 0.25) is 5.91 Å². The molecule has 1 amide bonds. The Balaban J connectivity index is 1.33. The summed E-state index contributed by atoms with van der Waals surface area (Å²) in [5.41, 5.74) is -3.15. The van der Waals surface area contributed by atoms with Crippen LogP contribution in [0, 0.1) is 0 Å². The fourth-order valence-corrected chi connectivity index (χ4v) is 6.72. The quantitative estimate of drug-likeness (QED) is 0.287. The number of nitrogens with zero attached hydrogens (tertiary/aromatic N) is 1. The number of nitrogens with one attached hydrogen (secondary N) is 1. The van der Waals surface area contributed by atoms with Crippen molar-refractivity contribution in [2.45, 2.75) is 87.3 Å². The molecule has 2 aromatic rings. The summed E-state index contributed by atoms with van der Waals surface area (Å²) in [6, 6.07) is 11.1. The Bertz CT molecular complexity index is 1240. The summed E-state index contributed by atoms with van der Waals surface area (Å²) in [6.45, 7) is 3.86. The number of amides is 1. The van der Waals surface area contributed by atoms with Gasteiger partial charge in [0.1, 0.15) is 0 Å². The molecule has 10 heteroatoms. The summed E-state index contributed by atoms with van der Waals surface area (Å²) in [7, 11) is 0. The third kappa shape index (κ3) is 6.54. The van der Waals surface area contributed by atoms with Crippen LogP contribution >= 0.6 is 0 Å². The molecule has 2 aliphatic heterocycles. The lowest BCUT2D eigenvalue weighted by atomic mass is 9.73. The topological polar surface area (TPSA) is 41.6 Å². The molecular formula is C32H36F6N2O2. The Hall–Kier alpha value is -2.85. The van der Waals surface area contributed by atoms with Crippen LogP contribution in [0.25, 0.3) is 0 Å². The summed E-state index contributed by atoms with van der Waals surface area (Å²) >= 11 is 0. The number of halogens is 6. The van der Waals surface area contributed by atoms with Crippen LogP contribution in [-0.2, 0) is 27.4 Å². The van der Waals surface area contributed by atoms with E-state index >= 15 is 0 Å². The number of benzene rings is 2. The van der Waals surface area contributed by atoms with Gasteiger partial charge in [0.15, 0.2) is 0 Å². The third-order valence-electron chi connectivity index (χ3n) is 9.37. The van der Waals surface area contributed by atoms with Crippen LogP contribution in [0.1, 0.15) is 80.0 Å². The molecule has 2 fully saturated rings. The number of piperidine rings is 1. The zero-order chi connectivity index (χ0) is 30.2. The van der Waals surface area contributed by atoms with Crippen molar-refractivity contribution in [3.8, 4) is 0 Å². The number of likely N-dealkylation sites (tertiary alicyclic amines) is 1. The van der Waals surface area contributed by atoms with Crippen molar-refractivity contribution in [3.63, 3.8) is 0 Å². The first-order valence-corrected chi connectivity index (χ1v) is 14.5. The molecule has 2 aromatic carbocycles. The molecule has 3 aliphatic rings.